The lowest BCUT2D eigenvalue weighted by Crippen LogP contribution is -2.17. The van der Waals surface area contributed by atoms with Gasteiger partial charge in [0, 0.05) is 17.8 Å². The van der Waals surface area contributed by atoms with Gasteiger partial charge in [0.25, 0.3) is 0 Å². The number of hydrogen-bond acceptors (Lipinski definition) is 2. The second-order valence-corrected chi connectivity index (χ2v) is 3.65. The van der Waals surface area contributed by atoms with Crippen molar-refractivity contribution >= 4 is 0 Å². The molecule has 1 rings (SSSR count). The Kier molecular flexibility index (Phi) is 2.98. The molecule has 0 aliphatic carbocycles. The van der Waals surface area contributed by atoms with Crippen molar-refractivity contribution in [1.82, 2.24) is 4.98 Å². The van der Waals surface area contributed by atoms with Gasteiger partial charge in [0.05, 0.1) is 0 Å². The third kappa shape index (κ3) is 2.25. The van der Waals surface area contributed by atoms with Crippen molar-refractivity contribution in [3.05, 3.63) is 29.3 Å². The molecule has 3 heteroatoms. The van der Waals surface area contributed by atoms with E-state index in [0.717, 1.165) is 5.56 Å². The van der Waals surface area contributed by atoms with Crippen LogP contribution in [0.2, 0.25) is 0 Å². The van der Waals surface area contributed by atoms with Gasteiger partial charge in [0.15, 0.2) is 0 Å². The van der Waals surface area contributed by atoms with Gasteiger partial charge in [-0.3, -0.25) is 0 Å². The van der Waals surface area contributed by atoms with Gasteiger partial charge in [-0.1, -0.05) is 13.8 Å². The van der Waals surface area contributed by atoms with E-state index in [0.29, 0.717) is 11.5 Å². The zero-order chi connectivity index (χ0) is 10.0. The smallest absolute Gasteiger partial charge is 0.215 e. The van der Waals surface area contributed by atoms with Crippen LogP contribution in [0.25, 0.3) is 0 Å². The summed E-state index contributed by atoms with van der Waals surface area (Å²) in [6.45, 7) is 5.76. The molecular weight excluding hydrogens is 167 g/mol. The number of aromatic nitrogens is 1. The molecule has 0 radical (unpaired) electrons. The van der Waals surface area contributed by atoms with E-state index in [-0.39, 0.29) is 6.04 Å². The minimum atomic E-state index is -0.417. The van der Waals surface area contributed by atoms with Crippen LogP contribution in [0.5, 0.6) is 0 Å². The molecule has 1 atom stereocenters. The van der Waals surface area contributed by atoms with E-state index >= 15 is 0 Å². The Hall–Kier alpha value is -0.960. The van der Waals surface area contributed by atoms with Gasteiger partial charge >= 0.3 is 0 Å². The van der Waals surface area contributed by atoms with Gasteiger partial charge < -0.3 is 5.73 Å². The highest BCUT2D eigenvalue weighted by Crippen LogP contribution is 2.19. The molecule has 0 unspecified atom stereocenters. The maximum Gasteiger partial charge on any atom is 0.215 e. The van der Waals surface area contributed by atoms with Crippen molar-refractivity contribution in [2.24, 2.45) is 11.7 Å². The lowest BCUT2D eigenvalue weighted by Gasteiger charge is -2.15. The van der Waals surface area contributed by atoms with Gasteiger partial charge in [-0.05, 0) is 24.5 Å². The number of nitrogens with two attached hydrogens (primary N) is 1. The van der Waals surface area contributed by atoms with E-state index in [4.69, 9.17) is 5.73 Å². The number of pyridine rings is 1. The lowest BCUT2D eigenvalue weighted by molar-refractivity contribution is 0.506. The normalized spacial score (nSPS) is 13.4. The number of halogens is 1. The van der Waals surface area contributed by atoms with Crippen LogP contribution in [0.15, 0.2) is 12.3 Å². The highest BCUT2D eigenvalue weighted by molar-refractivity contribution is 5.21. The fourth-order valence-corrected chi connectivity index (χ4v) is 1.15. The molecule has 1 aromatic rings. The van der Waals surface area contributed by atoms with Crippen LogP contribution in [-0.2, 0) is 0 Å². The third-order valence-electron chi connectivity index (χ3n) is 2.14. The Balaban J connectivity index is 2.97. The summed E-state index contributed by atoms with van der Waals surface area (Å²) in [4.78, 5) is 3.64. The molecule has 1 aromatic heterocycles. The van der Waals surface area contributed by atoms with Crippen molar-refractivity contribution < 1.29 is 4.39 Å². The highest BCUT2D eigenvalue weighted by Gasteiger charge is 2.11. The van der Waals surface area contributed by atoms with E-state index in [1.54, 1.807) is 13.0 Å². The maximum atomic E-state index is 12.8. The molecular formula is C10H15FN2. The molecule has 0 aliphatic heterocycles. The fourth-order valence-electron chi connectivity index (χ4n) is 1.15. The van der Waals surface area contributed by atoms with E-state index in [1.165, 1.54) is 6.20 Å². The first kappa shape index (κ1) is 10.1. The maximum absolute atomic E-state index is 12.8. The summed E-state index contributed by atoms with van der Waals surface area (Å²) in [5.41, 5.74) is 7.34. The zero-order valence-electron chi connectivity index (χ0n) is 8.21. The second-order valence-electron chi connectivity index (χ2n) is 3.65. The largest absolute Gasteiger partial charge is 0.324 e. The number of aryl methyl sites for hydroxylation is 1. The standard InChI is InChI=1S/C10H15FN2/c1-6(2)9(12)8-4-7(3)10(11)13-5-8/h4-6,9H,12H2,1-3H3/t9-/m1/s1. The second kappa shape index (κ2) is 3.83. The minimum absolute atomic E-state index is 0.0631. The molecule has 2 nitrogen and oxygen atoms in total. The van der Waals surface area contributed by atoms with E-state index < -0.39 is 5.95 Å². The van der Waals surface area contributed by atoms with Gasteiger partial charge in [-0.25, -0.2) is 4.98 Å². The predicted octanol–water partition coefficient (Wildman–Crippen LogP) is 2.18. The molecule has 1 heterocycles. The average Bonchev–Trinajstić information content (AvgIpc) is 2.08. The monoisotopic (exact) mass is 182 g/mol. The van der Waals surface area contributed by atoms with Crippen LogP contribution in [0.3, 0.4) is 0 Å². The Labute approximate surface area is 78.0 Å². The summed E-state index contributed by atoms with van der Waals surface area (Å²) < 4.78 is 12.8. The molecule has 0 fully saturated rings. The van der Waals surface area contributed by atoms with Crippen LogP contribution < -0.4 is 5.73 Å². The van der Waals surface area contributed by atoms with Crippen LogP contribution in [0.1, 0.15) is 31.0 Å². The summed E-state index contributed by atoms with van der Waals surface area (Å²) in [6.07, 6.45) is 1.51. The van der Waals surface area contributed by atoms with Crippen molar-refractivity contribution in [3.63, 3.8) is 0 Å². The lowest BCUT2D eigenvalue weighted by atomic mass is 9.98. The van der Waals surface area contributed by atoms with Crippen molar-refractivity contribution in [3.8, 4) is 0 Å². The molecule has 0 amide bonds. The number of nitrogens with zero attached hydrogens (tertiary/aromatic N) is 1. The summed E-state index contributed by atoms with van der Waals surface area (Å²) in [6, 6.07) is 1.69. The molecule has 72 valence electrons. The average molecular weight is 182 g/mol. The molecule has 2 N–H and O–H groups in total. The molecule has 13 heavy (non-hydrogen) atoms. The Morgan fingerprint density at radius 2 is 2.08 bits per heavy atom. The number of hydrogen-bond donors (Lipinski definition) is 1. The first-order chi connectivity index (χ1) is 6.02. The van der Waals surface area contributed by atoms with Crippen molar-refractivity contribution in [1.29, 1.82) is 0 Å². The Bertz CT molecular complexity index is 297. The van der Waals surface area contributed by atoms with Gasteiger partial charge in [-0.2, -0.15) is 4.39 Å². The van der Waals surface area contributed by atoms with E-state index in [1.807, 2.05) is 13.8 Å². The Morgan fingerprint density at radius 1 is 1.46 bits per heavy atom. The molecule has 0 saturated carbocycles. The number of rotatable bonds is 2. The van der Waals surface area contributed by atoms with Crippen molar-refractivity contribution in [2.75, 3.05) is 0 Å². The van der Waals surface area contributed by atoms with Crippen LogP contribution in [-0.4, -0.2) is 4.98 Å². The molecule has 0 bridgehead atoms. The topological polar surface area (TPSA) is 38.9 Å². The summed E-state index contributed by atoms with van der Waals surface area (Å²) >= 11 is 0. The van der Waals surface area contributed by atoms with Crippen LogP contribution >= 0.6 is 0 Å². The minimum Gasteiger partial charge on any atom is -0.324 e. The summed E-state index contributed by atoms with van der Waals surface area (Å²) in [5, 5.41) is 0. The summed E-state index contributed by atoms with van der Waals surface area (Å²) in [7, 11) is 0. The third-order valence-corrected chi connectivity index (χ3v) is 2.14. The van der Waals surface area contributed by atoms with Crippen LogP contribution in [0.4, 0.5) is 4.39 Å². The zero-order valence-corrected chi connectivity index (χ0v) is 8.21. The van der Waals surface area contributed by atoms with Gasteiger partial charge in [0.2, 0.25) is 5.95 Å². The Morgan fingerprint density at radius 3 is 2.54 bits per heavy atom. The van der Waals surface area contributed by atoms with Gasteiger partial charge in [-0.15, -0.1) is 0 Å². The molecule has 0 aliphatic rings. The highest BCUT2D eigenvalue weighted by atomic mass is 19.1. The van der Waals surface area contributed by atoms with E-state index in [9.17, 15) is 4.39 Å². The van der Waals surface area contributed by atoms with Gasteiger partial charge in [0.1, 0.15) is 0 Å². The predicted molar refractivity (Wildman–Crippen MR) is 50.7 cm³/mol. The first-order valence-corrected chi connectivity index (χ1v) is 4.40. The quantitative estimate of drug-likeness (QED) is 0.712. The SMILES string of the molecule is Cc1cc([C@H](N)C(C)C)cnc1F. The van der Waals surface area contributed by atoms with E-state index in [2.05, 4.69) is 4.98 Å². The van der Waals surface area contributed by atoms with Crippen molar-refractivity contribution in [2.45, 2.75) is 26.8 Å². The molecule has 0 aromatic carbocycles. The fraction of sp³-hybridized carbons (Fsp3) is 0.500. The van der Waals surface area contributed by atoms with Crippen LogP contribution in [0, 0.1) is 18.8 Å². The molecule has 0 spiro atoms. The summed E-state index contributed by atoms with van der Waals surface area (Å²) in [5.74, 6) is -0.0774. The first-order valence-electron chi connectivity index (χ1n) is 4.40. The molecule has 0 saturated heterocycles.